The molecule has 6 heteroatoms. The Morgan fingerprint density at radius 1 is 1.04 bits per heavy atom. The van der Waals surface area contributed by atoms with E-state index in [1.165, 1.54) is 17.8 Å². The first-order chi connectivity index (χ1) is 11.7. The van der Waals surface area contributed by atoms with Gasteiger partial charge < -0.3 is 9.42 Å². The number of fused-ring (bicyclic) bond motifs is 1. The second-order valence-corrected chi connectivity index (χ2v) is 6.93. The first-order valence-electron chi connectivity index (χ1n) is 7.96. The van der Waals surface area contributed by atoms with Crippen LogP contribution in [0.1, 0.15) is 5.69 Å². The van der Waals surface area contributed by atoms with Crippen LogP contribution in [0.3, 0.4) is 0 Å². The van der Waals surface area contributed by atoms with Crippen LogP contribution in [0.4, 0.5) is 10.1 Å². The van der Waals surface area contributed by atoms with Gasteiger partial charge in [0.15, 0.2) is 5.58 Å². The highest BCUT2D eigenvalue weighted by molar-refractivity contribution is 9.10. The van der Waals surface area contributed by atoms with Crippen LogP contribution in [0, 0.1) is 5.82 Å². The van der Waals surface area contributed by atoms with E-state index in [2.05, 4.69) is 55.2 Å². The standard InChI is InChI=1S/C18H17BrFN3O/c19-13-1-4-15(5-2-13)23-9-7-22(8-10-23)12-17-16-6-3-14(20)11-18(16)24-21-17/h1-6,11H,7-10,12H2. The van der Waals surface area contributed by atoms with Gasteiger partial charge in [-0.15, -0.1) is 0 Å². The summed E-state index contributed by atoms with van der Waals surface area (Å²) >= 11 is 3.47. The predicted molar refractivity (Wildman–Crippen MR) is 95.6 cm³/mol. The van der Waals surface area contributed by atoms with Crippen LogP contribution in [-0.2, 0) is 6.54 Å². The number of piperazine rings is 1. The van der Waals surface area contributed by atoms with Crippen LogP contribution in [0.5, 0.6) is 0 Å². The number of hydrogen-bond donors (Lipinski definition) is 0. The molecule has 1 aliphatic heterocycles. The van der Waals surface area contributed by atoms with Gasteiger partial charge in [0.1, 0.15) is 11.5 Å². The summed E-state index contributed by atoms with van der Waals surface area (Å²) in [6.45, 7) is 4.61. The zero-order valence-electron chi connectivity index (χ0n) is 13.1. The Hall–Kier alpha value is -1.92. The molecule has 4 nitrogen and oxygen atoms in total. The largest absolute Gasteiger partial charge is 0.369 e. The number of benzene rings is 2. The summed E-state index contributed by atoms with van der Waals surface area (Å²) in [4.78, 5) is 4.75. The Bertz CT molecular complexity index is 841. The van der Waals surface area contributed by atoms with Crippen molar-refractivity contribution in [3.8, 4) is 0 Å². The van der Waals surface area contributed by atoms with Gasteiger partial charge in [0.2, 0.25) is 0 Å². The van der Waals surface area contributed by atoms with Crippen LogP contribution < -0.4 is 4.90 Å². The Morgan fingerprint density at radius 2 is 1.79 bits per heavy atom. The molecule has 0 bridgehead atoms. The van der Waals surface area contributed by atoms with E-state index in [4.69, 9.17) is 4.52 Å². The van der Waals surface area contributed by atoms with Gasteiger partial charge in [-0.3, -0.25) is 4.90 Å². The normalized spacial score (nSPS) is 16.0. The number of hydrogen-bond acceptors (Lipinski definition) is 4. The van der Waals surface area contributed by atoms with E-state index in [1.807, 2.05) is 0 Å². The van der Waals surface area contributed by atoms with Crippen molar-refractivity contribution in [3.05, 3.63) is 58.4 Å². The molecule has 1 saturated heterocycles. The molecular weight excluding hydrogens is 373 g/mol. The van der Waals surface area contributed by atoms with Gasteiger partial charge in [-0.25, -0.2) is 4.39 Å². The molecule has 2 heterocycles. The predicted octanol–water partition coefficient (Wildman–Crippen LogP) is 4.05. The minimum Gasteiger partial charge on any atom is -0.369 e. The molecular formula is C18H17BrFN3O. The third-order valence-electron chi connectivity index (χ3n) is 4.45. The van der Waals surface area contributed by atoms with Gasteiger partial charge in [-0.2, -0.15) is 0 Å². The molecule has 0 spiro atoms. The van der Waals surface area contributed by atoms with E-state index >= 15 is 0 Å². The van der Waals surface area contributed by atoms with Gasteiger partial charge in [-0.1, -0.05) is 21.1 Å². The molecule has 1 aliphatic rings. The second kappa shape index (κ2) is 6.53. The Morgan fingerprint density at radius 3 is 2.54 bits per heavy atom. The smallest absolute Gasteiger partial charge is 0.170 e. The molecule has 0 saturated carbocycles. The number of anilines is 1. The summed E-state index contributed by atoms with van der Waals surface area (Å²) in [5, 5.41) is 5.01. The van der Waals surface area contributed by atoms with E-state index in [1.54, 1.807) is 6.07 Å². The van der Waals surface area contributed by atoms with Crippen molar-refractivity contribution in [1.29, 1.82) is 0 Å². The van der Waals surface area contributed by atoms with Crippen molar-refractivity contribution in [3.63, 3.8) is 0 Å². The fourth-order valence-electron chi connectivity index (χ4n) is 3.11. The highest BCUT2D eigenvalue weighted by Gasteiger charge is 2.19. The molecule has 0 atom stereocenters. The molecule has 24 heavy (non-hydrogen) atoms. The van der Waals surface area contributed by atoms with E-state index in [-0.39, 0.29) is 5.82 Å². The van der Waals surface area contributed by atoms with Crippen molar-refractivity contribution in [1.82, 2.24) is 10.1 Å². The zero-order valence-corrected chi connectivity index (χ0v) is 14.7. The second-order valence-electron chi connectivity index (χ2n) is 6.01. The topological polar surface area (TPSA) is 32.5 Å². The van der Waals surface area contributed by atoms with Crippen LogP contribution in [-0.4, -0.2) is 36.2 Å². The third-order valence-corrected chi connectivity index (χ3v) is 4.97. The number of halogens is 2. The Balaban J connectivity index is 1.41. The van der Waals surface area contributed by atoms with Crippen LogP contribution >= 0.6 is 15.9 Å². The third kappa shape index (κ3) is 3.16. The van der Waals surface area contributed by atoms with E-state index in [0.29, 0.717) is 5.58 Å². The van der Waals surface area contributed by atoms with E-state index in [9.17, 15) is 4.39 Å². The lowest BCUT2D eigenvalue weighted by Crippen LogP contribution is -2.46. The maximum atomic E-state index is 13.2. The SMILES string of the molecule is Fc1ccc2c(CN3CCN(c4ccc(Br)cc4)CC3)noc2c1. The summed E-state index contributed by atoms with van der Waals surface area (Å²) in [7, 11) is 0. The lowest BCUT2D eigenvalue weighted by Gasteiger charge is -2.35. The number of aromatic nitrogens is 1. The molecule has 0 N–H and O–H groups in total. The molecule has 1 aromatic heterocycles. The molecule has 0 radical (unpaired) electrons. The van der Waals surface area contributed by atoms with Crippen molar-refractivity contribution in [2.45, 2.75) is 6.54 Å². The first-order valence-corrected chi connectivity index (χ1v) is 8.75. The Labute approximate surface area is 148 Å². The van der Waals surface area contributed by atoms with Gasteiger partial charge in [0.25, 0.3) is 0 Å². The Kier molecular flexibility index (Phi) is 4.24. The molecule has 4 rings (SSSR count). The van der Waals surface area contributed by atoms with E-state index < -0.39 is 0 Å². The minimum absolute atomic E-state index is 0.298. The van der Waals surface area contributed by atoms with Crippen LogP contribution in [0.25, 0.3) is 11.0 Å². The summed E-state index contributed by atoms with van der Waals surface area (Å²) in [6.07, 6.45) is 0. The maximum absolute atomic E-state index is 13.2. The van der Waals surface area contributed by atoms with Crippen molar-refractivity contribution in [2.75, 3.05) is 31.1 Å². The highest BCUT2D eigenvalue weighted by Crippen LogP contribution is 2.23. The fourth-order valence-corrected chi connectivity index (χ4v) is 3.37. The molecule has 124 valence electrons. The number of rotatable bonds is 3. The summed E-state index contributed by atoms with van der Waals surface area (Å²) < 4.78 is 19.6. The molecule has 2 aromatic carbocycles. The molecule has 0 aliphatic carbocycles. The lowest BCUT2D eigenvalue weighted by atomic mass is 10.2. The number of nitrogens with zero attached hydrogens (tertiary/aromatic N) is 3. The van der Waals surface area contributed by atoms with Gasteiger partial charge in [-0.05, 0) is 36.4 Å². The monoisotopic (exact) mass is 389 g/mol. The maximum Gasteiger partial charge on any atom is 0.170 e. The summed E-state index contributed by atoms with van der Waals surface area (Å²) in [5.74, 6) is -0.298. The van der Waals surface area contributed by atoms with Gasteiger partial charge in [0.05, 0.1) is 0 Å². The summed E-state index contributed by atoms with van der Waals surface area (Å²) in [6, 6.07) is 13.0. The van der Waals surface area contributed by atoms with Crippen molar-refractivity contribution >= 4 is 32.6 Å². The minimum atomic E-state index is -0.298. The van der Waals surface area contributed by atoms with Crippen molar-refractivity contribution < 1.29 is 8.91 Å². The molecule has 0 amide bonds. The van der Waals surface area contributed by atoms with Gasteiger partial charge in [0, 0.05) is 54.3 Å². The van der Waals surface area contributed by atoms with Gasteiger partial charge >= 0.3 is 0 Å². The lowest BCUT2D eigenvalue weighted by molar-refractivity contribution is 0.243. The van der Waals surface area contributed by atoms with Crippen LogP contribution in [0.2, 0.25) is 0 Å². The molecule has 0 unspecified atom stereocenters. The average molecular weight is 390 g/mol. The zero-order chi connectivity index (χ0) is 16.5. The quantitative estimate of drug-likeness (QED) is 0.676. The van der Waals surface area contributed by atoms with Crippen LogP contribution in [0.15, 0.2) is 51.5 Å². The first kappa shape index (κ1) is 15.6. The van der Waals surface area contributed by atoms with E-state index in [0.717, 1.165) is 48.3 Å². The van der Waals surface area contributed by atoms with Crippen molar-refractivity contribution in [2.24, 2.45) is 0 Å². The molecule has 1 fully saturated rings. The average Bonchev–Trinajstić information content (AvgIpc) is 2.98. The molecule has 3 aromatic rings. The highest BCUT2D eigenvalue weighted by atomic mass is 79.9. The summed E-state index contributed by atoms with van der Waals surface area (Å²) in [5.41, 5.74) is 2.64. The fraction of sp³-hybridized carbons (Fsp3) is 0.278.